The molecule has 2 rings (SSSR count). The molecule has 19 heavy (non-hydrogen) atoms. The summed E-state index contributed by atoms with van der Waals surface area (Å²) in [6, 6.07) is 8.46. The quantitative estimate of drug-likeness (QED) is 0.638. The first-order valence-electron chi connectivity index (χ1n) is 5.93. The van der Waals surface area contributed by atoms with E-state index >= 15 is 0 Å². The number of methoxy groups -OCH3 is 1. The molecule has 1 atom stereocenters. The summed E-state index contributed by atoms with van der Waals surface area (Å²) >= 11 is 0. The molecule has 4 nitrogen and oxygen atoms in total. The van der Waals surface area contributed by atoms with Crippen LogP contribution in [-0.2, 0) is 6.42 Å². The molecule has 0 fully saturated rings. The summed E-state index contributed by atoms with van der Waals surface area (Å²) in [6.45, 7) is 0. The van der Waals surface area contributed by atoms with Gasteiger partial charge in [0.05, 0.1) is 13.2 Å². The van der Waals surface area contributed by atoms with Crippen LogP contribution in [0.25, 0.3) is 0 Å². The van der Waals surface area contributed by atoms with Crippen LogP contribution in [0.1, 0.15) is 17.2 Å². The number of aromatic nitrogens is 1. The Morgan fingerprint density at radius 3 is 2.68 bits per heavy atom. The lowest BCUT2D eigenvalue weighted by molar-refractivity contribution is 0.379. The van der Waals surface area contributed by atoms with E-state index in [2.05, 4.69) is 10.4 Å². The Balaban J connectivity index is 2.27. The van der Waals surface area contributed by atoms with E-state index in [1.165, 1.54) is 7.11 Å². The van der Waals surface area contributed by atoms with E-state index in [9.17, 15) is 4.39 Å². The lowest BCUT2D eigenvalue weighted by atomic mass is 9.99. The predicted molar refractivity (Wildman–Crippen MR) is 71.0 cm³/mol. The molecule has 0 aliphatic carbocycles. The van der Waals surface area contributed by atoms with Crippen LogP contribution in [0.2, 0.25) is 0 Å². The molecule has 1 unspecified atom stereocenters. The van der Waals surface area contributed by atoms with E-state index in [1.54, 1.807) is 30.6 Å². The number of hydrazine groups is 1. The summed E-state index contributed by atoms with van der Waals surface area (Å²) < 4.78 is 19.2. The molecule has 0 spiro atoms. The van der Waals surface area contributed by atoms with Gasteiger partial charge >= 0.3 is 0 Å². The fourth-order valence-corrected chi connectivity index (χ4v) is 1.97. The van der Waals surface area contributed by atoms with Gasteiger partial charge in [0.25, 0.3) is 0 Å². The standard InChI is InChI=1S/C14H16FN3O/c1-19-13-4-2-3-11(14(13)15)12(18-16)9-10-5-7-17-8-6-10/h2-8,12,18H,9,16H2,1H3. The van der Waals surface area contributed by atoms with E-state index < -0.39 is 0 Å². The van der Waals surface area contributed by atoms with Gasteiger partial charge in [-0.15, -0.1) is 0 Å². The molecular weight excluding hydrogens is 245 g/mol. The number of nitrogens with one attached hydrogen (secondary N) is 1. The zero-order chi connectivity index (χ0) is 13.7. The lowest BCUT2D eigenvalue weighted by Crippen LogP contribution is -2.30. The smallest absolute Gasteiger partial charge is 0.169 e. The molecule has 1 aromatic heterocycles. The molecule has 0 saturated carbocycles. The minimum Gasteiger partial charge on any atom is -0.494 e. The minimum absolute atomic E-state index is 0.215. The van der Waals surface area contributed by atoms with E-state index in [-0.39, 0.29) is 17.6 Å². The zero-order valence-electron chi connectivity index (χ0n) is 10.6. The van der Waals surface area contributed by atoms with E-state index in [4.69, 9.17) is 10.6 Å². The zero-order valence-corrected chi connectivity index (χ0v) is 10.6. The first-order chi connectivity index (χ1) is 9.26. The van der Waals surface area contributed by atoms with Crippen molar-refractivity contribution in [1.29, 1.82) is 0 Å². The van der Waals surface area contributed by atoms with Crippen LogP contribution in [-0.4, -0.2) is 12.1 Å². The van der Waals surface area contributed by atoms with Gasteiger partial charge in [0.15, 0.2) is 11.6 Å². The van der Waals surface area contributed by atoms with E-state index in [1.807, 2.05) is 12.1 Å². The summed E-state index contributed by atoms with van der Waals surface area (Å²) in [5, 5.41) is 0. The molecule has 1 heterocycles. The third-order valence-electron chi connectivity index (χ3n) is 2.98. The largest absolute Gasteiger partial charge is 0.494 e. The molecule has 0 aliphatic rings. The first kappa shape index (κ1) is 13.5. The number of halogens is 1. The summed E-state index contributed by atoms with van der Waals surface area (Å²) in [7, 11) is 1.44. The maximum atomic E-state index is 14.2. The Morgan fingerprint density at radius 2 is 2.05 bits per heavy atom. The number of pyridine rings is 1. The van der Waals surface area contributed by atoms with Crippen LogP contribution < -0.4 is 16.0 Å². The molecule has 1 aromatic carbocycles. The first-order valence-corrected chi connectivity index (χ1v) is 5.93. The summed E-state index contributed by atoms with van der Waals surface area (Å²) in [4.78, 5) is 3.95. The summed E-state index contributed by atoms with van der Waals surface area (Å²) in [5.74, 6) is 5.37. The Labute approximate surface area is 111 Å². The molecule has 5 heteroatoms. The van der Waals surface area contributed by atoms with Gasteiger partial charge in [0.1, 0.15) is 0 Å². The van der Waals surface area contributed by atoms with E-state index in [0.717, 1.165) is 5.56 Å². The molecule has 0 saturated heterocycles. The number of benzene rings is 1. The molecule has 0 aliphatic heterocycles. The summed E-state index contributed by atoms with van der Waals surface area (Å²) in [6.07, 6.45) is 3.97. The Morgan fingerprint density at radius 1 is 1.32 bits per heavy atom. The fourth-order valence-electron chi connectivity index (χ4n) is 1.97. The molecule has 0 radical (unpaired) electrons. The van der Waals surface area contributed by atoms with Gasteiger partial charge in [-0.05, 0) is 30.2 Å². The highest BCUT2D eigenvalue weighted by Crippen LogP contribution is 2.26. The van der Waals surface area contributed by atoms with Crippen LogP contribution in [0.15, 0.2) is 42.7 Å². The number of nitrogens with zero attached hydrogens (tertiary/aromatic N) is 1. The van der Waals surface area contributed by atoms with Crippen LogP contribution in [0.5, 0.6) is 5.75 Å². The molecular formula is C14H16FN3O. The van der Waals surface area contributed by atoms with Crippen LogP contribution in [0.3, 0.4) is 0 Å². The van der Waals surface area contributed by atoms with Crippen LogP contribution in [0.4, 0.5) is 4.39 Å². The highest BCUT2D eigenvalue weighted by molar-refractivity contribution is 5.34. The van der Waals surface area contributed by atoms with Crippen molar-refractivity contribution in [3.8, 4) is 5.75 Å². The second-order valence-corrected chi connectivity index (χ2v) is 4.14. The maximum Gasteiger partial charge on any atom is 0.169 e. The normalized spacial score (nSPS) is 12.2. The second-order valence-electron chi connectivity index (χ2n) is 4.14. The van der Waals surface area contributed by atoms with Crippen molar-refractivity contribution in [3.05, 3.63) is 59.7 Å². The van der Waals surface area contributed by atoms with Crippen LogP contribution >= 0.6 is 0 Å². The molecule has 0 amide bonds. The van der Waals surface area contributed by atoms with Gasteiger partial charge in [-0.3, -0.25) is 16.3 Å². The third kappa shape index (κ3) is 3.07. The summed E-state index contributed by atoms with van der Waals surface area (Å²) in [5.41, 5.74) is 4.16. The second kappa shape index (κ2) is 6.26. The van der Waals surface area contributed by atoms with Crippen molar-refractivity contribution in [2.75, 3.05) is 7.11 Å². The third-order valence-corrected chi connectivity index (χ3v) is 2.98. The van der Waals surface area contributed by atoms with Crippen molar-refractivity contribution in [1.82, 2.24) is 10.4 Å². The average molecular weight is 261 g/mol. The number of hydrogen-bond donors (Lipinski definition) is 2. The Bertz CT molecular complexity index is 533. The molecule has 3 N–H and O–H groups in total. The van der Waals surface area contributed by atoms with Gasteiger partial charge in [0.2, 0.25) is 0 Å². The van der Waals surface area contributed by atoms with Crippen molar-refractivity contribution in [3.63, 3.8) is 0 Å². The predicted octanol–water partition coefficient (Wildman–Crippen LogP) is 1.98. The topological polar surface area (TPSA) is 60.2 Å². The Hall–Kier alpha value is -1.98. The lowest BCUT2D eigenvalue weighted by Gasteiger charge is -2.18. The number of hydrogen-bond acceptors (Lipinski definition) is 4. The average Bonchev–Trinajstić information content (AvgIpc) is 2.46. The monoisotopic (exact) mass is 261 g/mol. The number of nitrogens with two attached hydrogens (primary N) is 1. The highest BCUT2D eigenvalue weighted by atomic mass is 19.1. The van der Waals surface area contributed by atoms with Crippen molar-refractivity contribution >= 4 is 0 Å². The molecule has 100 valence electrons. The minimum atomic E-state index is -0.387. The van der Waals surface area contributed by atoms with Crippen LogP contribution in [0, 0.1) is 5.82 Å². The highest BCUT2D eigenvalue weighted by Gasteiger charge is 2.17. The number of ether oxygens (including phenoxy) is 1. The number of rotatable bonds is 5. The van der Waals surface area contributed by atoms with Gasteiger partial charge < -0.3 is 4.74 Å². The maximum absolute atomic E-state index is 14.2. The SMILES string of the molecule is COc1cccc(C(Cc2ccncc2)NN)c1F. The van der Waals surface area contributed by atoms with Gasteiger partial charge in [0, 0.05) is 18.0 Å². The molecule has 0 bridgehead atoms. The van der Waals surface area contributed by atoms with Crippen molar-refractivity contribution in [2.45, 2.75) is 12.5 Å². The fraction of sp³-hybridized carbons (Fsp3) is 0.214. The Kier molecular flexibility index (Phi) is 4.43. The molecule has 2 aromatic rings. The van der Waals surface area contributed by atoms with Crippen molar-refractivity contribution < 1.29 is 9.13 Å². The van der Waals surface area contributed by atoms with Gasteiger partial charge in [-0.2, -0.15) is 0 Å². The van der Waals surface area contributed by atoms with Gasteiger partial charge in [-0.25, -0.2) is 4.39 Å². The van der Waals surface area contributed by atoms with Crippen molar-refractivity contribution in [2.24, 2.45) is 5.84 Å². The van der Waals surface area contributed by atoms with Gasteiger partial charge in [-0.1, -0.05) is 12.1 Å². The van der Waals surface area contributed by atoms with E-state index in [0.29, 0.717) is 12.0 Å².